The summed E-state index contributed by atoms with van der Waals surface area (Å²) >= 11 is 2.24. The molecular formula is C31H44IN3O8. The SMILES string of the molecule is CO[C@H]1/C=C\C=C(/C)C(=O)NC2=CC(=O)C(NCCCI)=C(C[C@@H](C)C[C@H](OC)[C@H](O)[C@@H](C)/C=C(\C)[C@@H]1OC(N)=O)C2=O. The van der Waals surface area contributed by atoms with Crippen LogP contribution in [0.5, 0.6) is 0 Å². The van der Waals surface area contributed by atoms with Gasteiger partial charge in [-0.3, -0.25) is 14.4 Å². The molecule has 0 saturated carbocycles. The van der Waals surface area contributed by atoms with Crippen LogP contribution in [0, 0.1) is 11.8 Å². The minimum Gasteiger partial charge on any atom is -0.439 e. The van der Waals surface area contributed by atoms with E-state index < -0.39 is 48.1 Å². The van der Waals surface area contributed by atoms with Gasteiger partial charge >= 0.3 is 6.09 Å². The number of primary amides is 1. The second kappa shape index (κ2) is 17.5. The second-order valence-corrected chi connectivity index (χ2v) is 12.0. The molecule has 2 bridgehead atoms. The van der Waals surface area contributed by atoms with Crippen molar-refractivity contribution in [2.24, 2.45) is 17.6 Å². The summed E-state index contributed by atoms with van der Waals surface area (Å²) in [5.41, 5.74) is 6.61. The van der Waals surface area contributed by atoms with Gasteiger partial charge in [0, 0.05) is 48.3 Å². The van der Waals surface area contributed by atoms with Gasteiger partial charge in [-0.05, 0) is 44.6 Å². The van der Waals surface area contributed by atoms with Crippen molar-refractivity contribution >= 4 is 46.2 Å². The molecule has 0 aromatic heterocycles. The number of aliphatic hydroxyl groups is 1. The Labute approximate surface area is 267 Å². The predicted octanol–water partition coefficient (Wildman–Crippen LogP) is 3.18. The number of halogens is 1. The highest BCUT2D eigenvalue weighted by atomic mass is 127. The summed E-state index contributed by atoms with van der Waals surface area (Å²) in [6.07, 6.45) is 4.76. The Kier molecular flexibility index (Phi) is 14.8. The lowest BCUT2D eigenvalue weighted by Gasteiger charge is -2.30. The maximum Gasteiger partial charge on any atom is 0.405 e. The minimum absolute atomic E-state index is 0.104. The zero-order valence-electron chi connectivity index (χ0n) is 25.6. The molecule has 2 aliphatic rings. The highest BCUT2D eigenvalue weighted by Gasteiger charge is 2.33. The summed E-state index contributed by atoms with van der Waals surface area (Å²) in [7, 11) is 2.94. The van der Waals surface area contributed by atoms with Gasteiger partial charge in [-0.25, -0.2) is 4.79 Å². The van der Waals surface area contributed by atoms with Crippen molar-refractivity contribution < 1.29 is 38.5 Å². The van der Waals surface area contributed by atoms with E-state index in [1.807, 2.05) is 13.8 Å². The number of carbonyl (C=O) groups excluding carboxylic acids is 4. The third-order valence-electron chi connectivity index (χ3n) is 7.41. The number of fused-ring (bicyclic) bond motifs is 2. The largest absolute Gasteiger partial charge is 0.439 e. The van der Waals surface area contributed by atoms with Crippen LogP contribution in [-0.4, -0.2) is 78.3 Å². The van der Waals surface area contributed by atoms with Gasteiger partial charge in [0.2, 0.25) is 11.6 Å². The maximum absolute atomic E-state index is 13.6. The van der Waals surface area contributed by atoms with Crippen LogP contribution < -0.4 is 16.4 Å². The van der Waals surface area contributed by atoms with Crippen molar-refractivity contribution in [3.63, 3.8) is 0 Å². The van der Waals surface area contributed by atoms with Crippen LogP contribution in [0.15, 0.2) is 58.5 Å². The molecule has 0 radical (unpaired) electrons. The normalized spacial score (nSPS) is 31.3. The molecule has 0 saturated heterocycles. The number of methoxy groups -OCH3 is 2. The predicted molar refractivity (Wildman–Crippen MR) is 171 cm³/mol. The van der Waals surface area contributed by atoms with Crippen LogP contribution in [0.3, 0.4) is 0 Å². The van der Waals surface area contributed by atoms with Crippen molar-refractivity contribution in [3.05, 3.63) is 58.5 Å². The Morgan fingerprint density at radius 3 is 2.49 bits per heavy atom. The summed E-state index contributed by atoms with van der Waals surface area (Å²) < 4.78 is 17.5. The lowest BCUT2D eigenvalue weighted by Crippen LogP contribution is -2.38. The topological polar surface area (TPSA) is 166 Å². The van der Waals surface area contributed by atoms with Crippen LogP contribution >= 0.6 is 22.6 Å². The first kappa shape index (κ1) is 36.4. The molecule has 2 amide bonds. The Hall–Kier alpha value is -2.81. The third kappa shape index (κ3) is 10.4. The molecule has 238 valence electrons. The number of nitrogens with two attached hydrogens (primary N) is 1. The molecule has 0 unspecified atom stereocenters. The Morgan fingerprint density at radius 1 is 1.19 bits per heavy atom. The smallest absolute Gasteiger partial charge is 0.405 e. The monoisotopic (exact) mass is 713 g/mol. The number of carbonyl (C=O) groups is 4. The van der Waals surface area contributed by atoms with Crippen LogP contribution in [0.4, 0.5) is 4.79 Å². The zero-order valence-corrected chi connectivity index (χ0v) is 27.8. The Morgan fingerprint density at radius 2 is 1.88 bits per heavy atom. The number of nitrogens with one attached hydrogen (secondary N) is 2. The summed E-state index contributed by atoms with van der Waals surface area (Å²) in [6.45, 7) is 7.55. The first-order valence-electron chi connectivity index (χ1n) is 14.2. The van der Waals surface area contributed by atoms with E-state index in [1.54, 1.807) is 32.1 Å². The molecule has 0 spiro atoms. The van der Waals surface area contributed by atoms with Crippen molar-refractivity contribution in [2.45, 2.75) is 71.4 Å². The summed E-state index contributed by atoms with van der Waals surface area (Å²) in [5, 5.41) is 17.0. The average Bonchev–Trinajstić information content (AvgIpc) is 2.95. The molecule has 1 aliphatic carbocycles. The molecule has 5 N–H and O–H groups in total. The van der Waals surface area contributed by atoms with Crippen molar-refractivity contribution in [1.82, 2.24) is 10.6 Å². The van der Waals surface area contributed by atoms with Crippen molar-refractivity contribution in [2.75, 3.05) is 25.2 Å². The summed E-state index contributed by atoms with van der Waals surface area (Å²) in [4.78, 5) is 51.6. The number of rotatable bonds is 7. The number of hydrogen-bond donors (Lipinski definition) is 4. The van der Waals surface area contributed by atoms with E-state index in [0.717, 1.165) is 16.9 Å². The number of aliphatic hydroxyl groups excluding tert-OH is 1. The molecule has 0 fully saturated rings. The van der Waals surface area contributed by atoms with E-state index in [1.165, 1.54) is 20.3 Å². The second-order valence-electron chi connectivity index (χ2n) is 10.9. The average molecular weight is 714 g/mol. The minimum atomic E-state index is -0.995. The fourth-order valence-corrected chi connectivity index (χ4v) is 5.44. The van der Waals surface area contributed by atoms with Gasteiger partial charge in [-0.1, -0.05) is 60.7 Å². The molecule has 11 nitrogen and oxygen atoms in total. The number of amides is 2. The summed E-state index contributed by atoms with van der Waals surface area (Å²) in [5.74, 6) is -2.00. The van der Waals surface area contributed by atoms with E-state index >= 15 is 0 Å². The molecule has 43 heavy (non-hydrogen) atoms. The molecular weight excluding hydrogens is 669 g/mol. The summed E-state index contributed by atoms with van der Waals surface area (Å²) in [6, 6.07) is 0. The number of allylic oxidation sites excluding steroid dienone is 4. The van der Waals surface area contributed by atoms with Crippen LogP contribution in [-0.2, 0) is 28.6 Å². The molecule has 0 aromatic rings. The fourth-order valence-electron chi connectivity index (χ4n) is 5.06. The van der Waals surface area contributed by atoms with Gasteiger partial charge in [0.1, 0.15) is 6.10 Å². The van der Waals surface area contributed by atoms with Gasteiger partial charge in [-0.15, -0.1) is 0 Å². The first-order chi connectivity index (χ1) is 20.3. The van der Waals surface area contributed by atoms with Crippen molar-refractivity contribution in [1.29, 1.82) is 0 Å². The fraction of sp³-hybridized carbons (Fsp3) is 0.548. The van der Waals surface area contributed by atoms with Gasteiger partial charge < -0.3 is 35.7 Å². The van der Waals surface area contributed by atoms with E-state index in [4.69, 9.17) is 19.9 Å². The maximum atomic E-state index is 13.6. The number of Topliss-reactive ketones (excluding diaryl/α,β-unsaturated/α-hetero) is 1. The molecule has 12 heteroatoms. The van der Waals surface area contributed by atoms with Crippen molar-refractivity contribution in [3.8, 4) is 0 Å². The van der Waals surface area contributed by atoms with Gasteiger partial charge in [-0.2, -0.15) is 0 Å². The van der Waals surface area contributed by atoms with Crippen LogP contribution in [0.1, 0.15) is 47.0 Å². The molecule has 1 aliphatic heterocycles. The van der Waals surface area contributed by atoms with E-state index in [-0.39, 0.29) is 40.7 Å². The number of alkyl halides is 1. The molecule has 6 atom stereocenters. The highest BCUT2D eigenvalue weighted by Crippen LogP contribution is 2.29. The molecule has 2 rings (SSSR count). The van der Waals surface area contributed by atoms with Crippen LogP contribution in [0.25, 0.3) is 0 Å². The lowest BCUT2D eigenvalue weighted by molar-refractivity contribution is -0.120. The molecule has 0 aromatic carbocycles. The van der Waals surface area contributed by atoms with Crippen LogP contribution in [0.2, 0.25) is 0 Å². The van der Waals surface area contributed by atoms with Gasteiger partial charge in [0.25, 0.3) is 5.91 Å². The standard InChI is InChI=1S/C31H44IN3O8/c1-17-13-21-26(34-12-8-11-32)23(36)16-22(28(21)38)35-30(39)18(2)9-7-10-24(41-5)29(43-31(33)40)20(4)15-19(3)27(37)25(14-17)42-6/h7,9-10,15-17,19,24-25,27,29,34,37H,8,11-14H2,1-6H3,(H2,33,40)(H,35,39)/b10-7-,18-9+,20-15+/t17-,19+,24+,25+,27-,29+/m1/s1. The quantitative estimate of drug-likeness (QED) is 0.102. The van der Waals surface area contributed by atoms with E-state index in [2.05, 4.69) is 33.2 Å². The Balaban J connectivity index is 2.61. The molecule has 1 heterocycles. The lowest BCUT2D eigenvalue weighted by atomic mass is 9.85. The zero-order chi connectivity index (χ0) is 32.3. The first-order valence-corrected chi connectivity index (χ1v) is 15.7. The Bertz CT molecular complexity index is 1210. The van der Waals surface area contributed by atoms with E-state index in [9.17, 15) is 24.3 Å². The van der Waals surface area contributed by atoms with E-state index in [0.29, 0.717) is 18.5 Å². The number of ketones is 2. The number of ether oxygens (including phenoxy) is 3. The number of hydrogen-bond acceptors (Lipinski definition) is 9. The highest BCUT2D eigenvalue weighted by molar-refractivity contribution is 14.1. The van der Waals surface area contributed by atoms with Gasteiger partial charge in [0.05, 0.1) is 23.6 Å². The third-order valence-corrected chi connectivity index (χ3v) is 8.17. The van der Waals surface area contributed by atoms with Gasteiger partial charge in [0.15, 0.2) is 6.10 Å².